The van der Waals surface area contributed by atoms with Crippen molar-refractivity contribution in [3.8, 4) is 0 Å². The van der Waals surface area contributed by atoms with E-state index in [1.807, 2.05) is 0 Å². The van der Waals surface area contributed by atoms with Crippen LogP contribution in [0.4, 0.5) is 4.79 Å². The van der Waals surface area contributed by atoms with Crippen LogP contribution < -0.4 is 5.32 Å². The Bertz CT molecular complexity index is 374. The van der Waals surface area contributed by atoms with E-state index in [2.05, 4.69) is 5.32 Å². The molecule has 1 amide bonds. The molecule has 0 radical (unpaired) electrons. The van der Waals surface area contributed by atoms with Crippen molar-refractivity contribution in [2.75, 3.05) is 0 Å². The van der Waals surface area contributed by atoms with Gasteiger partial charge in [-0.15, -0.1) is 0 Å². The van der Waals surface area contributed by atoms with Gasteiger partial charge in [-0.3, -0.25) is 0 Å². The molecule has 2 saturated carbocycles. The van der Waals surface area contributed by atoms with Crippen LogP contribution in [-0.2, 0) is 9.53 Å². The first kappa shape index (κ1) is 14.2. The molecule has 2 bridgehead atoms. The molecular weight excluding hydrogens is 246 g/mol. The number of rotatable bonds is 3. The first-order valence-electron chi connectivity index (χ1n) is 6.98. The van der Waals surface area contributed by atoms with E-state index in [-0.39, 0.29) is 5.92 Å². The normalized spacial score (nSPS) is 31.0. The van der Waals surface area contributed by atoms with Crippen molar-refractivity contribution in [2.45, 2.75) is 58.1 Å². The number of aliphatic carboxylic acids is 1. The minimum Gasteiger partial charge on any atom is -0.480 e. The summed E-state index contributed by atoms with van der Waals surface area (Å²) in [5.74, 6) is 0.200. The van der Waals surface area contributed by atoms with Gasteiger partial charge in [-0.25, -0.2) is 9.59 Å². The molecule has 0 heterocycles. The minimum atomic E-state index is -0.955. The summed E-state index contributed by atoms with van der Waals surface area (Å²) in [6, 6.07) is -0.815. The van der Waals surface area contributed by atoms with Crippen molar-refractivity contribution in [1.82, 2.24) is 5.32 Å². The van der Waals surface area contributed by atoms with Gasteiger partial charge in [0.1, 0.15) is 11.6 Å². The summed E-state index contributed by atoms with van der Waals surface area (Å²) in [6.45, 7) is 5.29. The molecule has 19 heavy (non-hydrogen) atoms. The molecule has 0 aromatic heterocycles. The van der Waals surface area contributed by atoms with Gasteiger partial charge < -0.3 is 15.2 Å². The summed E-state index contributed by atoms with van der Waals surface area (Å²) >= 11 is 0. The van der Waals surface area contributed by atoms with Crippen LogP contribution in [-0.4, -0.2) is 28.8 Å². The molecule has 0 spiro atoms. The SMILES string of the molecule is CC(C)(C)OC(=O)N[C@H](C(=O)O)C1CC2CCC1C2. The molecule has 2 fully saturated rings. The topological polar surface area (TPSA) is 75.6 Å². The third-order valence-electron chi connectivity index (χ3n) is 4.16. The molecule has 0 saturated heterocycles. The summed E-state index contributed by atoms with van der Waals surface area (Å²) in [5, 5.41) is 11.9. The quantitative estimate of drug-likeness (QED) is 0.825. The predicted molar refractivity (Wildman–Crippen MR) is 69.7 cm³/mol. The number of ether oxygens (including phenoxy) is 1. The van der Waals surface area contributed by atoms with Crippen LogP contribution in [0.25, 0.3) is 0 Å². The van der Waals surface area contributed by atoms with Crippen molar-refractivity contribution in [3.05, 3.63) is 0 Å². The number of carboxylic acids is 1. The lowest BCUT2D eigenvalue weighted by atomic mass is 9.83. The van der Waals surface area contributed by atoms with Gasteiger partial charge in [0, 0.05) is 0 Å². The van der Waals surface area contributed by atoms with E-state index in [9.17, 15) is 14.7 Å². The van der Waals surface area contributed by atoms with Crippen LogP contribution in [0, 0.1) is 17.8 Å². The second-order valence-electron chi connectivity index (χ2n) is 6.80. The Labute approximate surface area is 113 Å². The van der Waals surface area contributed by atoms with E-state index in [1.54, 1.807) is 20.8 Å². The average molecular weight is 269 g/mol. The van der Waals surface area contributed by atoms with Gasteiger partial charge in [0.05, 0.1) is 0 Å². The van der Waals surface area contributed by atoms with Gasteiger partial charge in [-0.2, -0.15) is 0 Å². The average Bonchev–Trinajstić information content (AvgIpc) is 2.84. The van der Waals surface area contributed by atoms with Crippen molar-refractivity contribution >= 4 is 12.1 Å². The standard InChI is InChI=1S/C14H23NO4/c1-14(2,3)19-13(18)15-11(12(16)17)10-7-8-4-5-9(10)6-8/h8-11H,4-7H2,1-3H3,(H,15,18)(H,16,17)/t8?,9?,10?,11-/m0/s1. The Kier molecular flexibility index (Phi) is 3.74. The van der Waals surface area contributed by atoms with Crippen molar-refractivity contribution in [1.29, 1.82) is 0 Å². The maximum Gasteiger partial charge on any atom is 0.408 e. The van der Waals surface area contributed by atoms with Crippen LogP contribution in [0.15, 0.2) is 0 Å². The van der Waals surface area contributed by atoms with Crippen molar-refractivity contribution in [3.63, 3.8) is 0 Å². The molecule has 108 valence electrons. The number of fused-ring (bicyclic) bond motifs is 2. The molecule has 2 aliphatic carbocycles. The zero-order chi connectivity index (χ0) is 14.2. The van der Waals surface area contributed by atoms with Crippen LogP contribution in [0.2, 0.25) is 0 Å². The first-order chi connectivity index (χ1) is 8.76. The van der Waals surface area contributed by atoms with E-state index >= 15 is 0 Å². The molecule has 0 aliphatic heterocycles. The fourth-order valence-corrected chi connectivity index (χ4v) is 3.49. The maximum absolute atomic E-state index is 11.7. The lowest BCUT2D eigenvalue weighted by Crippen LogP contribution is -2.49. The van der Waals surface area contributed by atoms with Gasteiger partial charge in [0.25, 0.3) is 0 Å². The zero-order valence-corrected chi connectivity index (χ0v) is 11.8. The van der Waals surface area contributed by atoms with E-state index in [4.69, 9.17) is 4.74 Å². The third-order valence-corrected chi connectivity index (χ3v) is 4.16. The molecule has 2 aliphatic rings. The number of carbonyl (C=O) groups is 2. The summed E-state index contributed by atoms with van der Waals surface area (Å²) in [6.07, 6.45) is 3.69. The molecule has 3 unspecified atom stereocenters. The zero-order valence-electron chi connectivity index (χ0n) is 11.8. The van der Waals surface area contributed by atoms with Gasteiger partial charge in [0.2, 0.25) is 0 Å². The van der Waals surface area contributed by atoms with Gasteiger partial charge in [0.15, 0.2) is 0 Å². The summed E-state index contributed by atoms with van der Waals surface area (Å²) in [7, 11) is 0. The molecular formula is C14H23NO4. The van der Waals surface area contributed by atoms with E-state index < -0.39 is 23.7 Å². The highest BCUT2D eigenvalue weighted by atomic mass is 16.6. The molecule has 5 nitrogen and oxygen atoms in total. The Morgan fingerprint density at radius 1 is 1.26 bits per heavy atom. The summed E-state index contributed by atoms with van der Waals surface area (Å²) in [4.78, 5) is 23.1. The van der Waals surface area contributed by atoms with Gasteiger partial charge in [-0.05, 0) is 57.8 Å². The summed E-state index contributed by atoms with van der Waals surface area (Å²) in [5.41, 5.74) is -0.609. The molecule has 0 aromatic rings. The largest absolute Gasteiger partial charge is 0.480 e. The first-order valence-corrected chi connectivity index (χ1v) is 6.98. The molecule has 2 N–H and O–H groups in total. The van der Waals surface area contributed by atoms with Crippen LogP contribution >= 0.6 is 0 Å². The Balaban J connectivity index is 1.97. The van der Waals surface area contributed by atoms with E-state index in [1.165, 1.54) is 6.42 Å². The summed E-state index contributed by atoms with van der Waals surface area (Å²) < 4.78 is 5.14. The van der Waals surface area contributed by atoms with Crippen LogP contribution in [0.5, 0.6) is 0 Å². The third kappa shape index (κ3) is 3.39. The second-order valence-corrected chi connectivity index (χ2v) is 6.80. The fraction of sp³-hybridized carbons (Fsp3) is 0.857. The number of alkyl carbamates (subject to hydrolysis) is 1. The fourth-order valence-electron chi connectivity index (χ4n) is 3.49. The number of hydrogen-bond donors (Lipinski definition) is 2. The van der Waals surface area contributed by atoms with Crippen molar-refractivity contribution in [2.24, 2.45) is 17.8 Å². The number of hydrogen-bond acceptors (Lipinski definition) is 3. The molecule has 0 aromatic carbocycles. The molecule has 5 heteroatoms. The highest BCUT2D eigenvalue weighted by Gasteiger charge is 2.46. The predicted octanol–water partition coefficient (Wildman–Crippen LogP) is 2.40. The number of nitrogens with one attached hydrogen (secondary N) is 1. The lowest BCUT2D eigenvalue weighted by molar-refractivity contribution is -0.141. The minimum absolute atomic E-state index is 0.0590. The monoisotopic (exact) mass is 269 g/mol. The molecule has 2 rings (SSSR count). The van der Waals surface area contributed by atoms with Gasteiger partial charge >= 0.3 is 12.1 Å². The Morgan fingerprint density at radius 2 is 1.95 bits per heavy atom. The number of amides is 1. The Hall–Kier alpha value is -1.26. The smallest absolute Gasteiger partial charge is 0.408 e. The number of carboxylic acid groups (broad SMARTS) is 1. The van der Waals surface area contributed by atoms with E-state index in [0.29, 0.717) is 11.8 Å². The van der Waals surface area contributed by atoms with Crippen molar-refractivity contribution < 1.29 is 19.4 Å². The van der Waals surface area contributed by atoms with Gasteiger partial charge in [-0.1, -0.05) is 6.42 Å². The van der Waals surface area contributed by atoms with E-state index in [0.717, 1.165) is 19.3 Å². The Morgan fingerprint density at radius 3 is 2.37 bits per heavy atom. The number of carbonyl (C=O) groups excluding carboxylic acids is 1. The highest BCUT2D eigenvalue weighted by molar-refractivity contribution is 5.80. The molecule has 4 atom stereocenters. The highest BCUT2D eigenvalue weighted by Crippen LogP contribution is 2.49. The lowest BCUT2D eigenvalue weighted by Gasteiger charge is -2.29. The van der Waals surface area contributed by atoms with Crippen LogP contribution in [0.1, 0.15) is 46.5 Å². The second kappa shape index (κ2) is 5.02. The van der Waals surface area contributed by atoms with Crippen LogP contribution in [0.3, 0.4) is 0 Å². The maximum atomic E-state index is 11.7.